The maximum Gasteiger partial charge on any atom is 0.573 e. The van der Waals surface area contributed by atoms with Gasteiger partial charge in [0.05, 0.1) is 18.7 Å². The lowest BCUT2D eigenvalue weighted by atomic mass is 10.2. The van der Waals surface area contributed by atoms with Gasteiger partial charge in [-0.3, -0.25) is 9.59 Å². The van der Waals surface area contributed by atoms with Crippen LogP contribution in [0.25, 0.3) is 0 Å². The third-order valence-corrected chi connectivity index (χ3v) is 2.74. The molecule has 112 valence electrons. The fraction of sp³-hybridized carbons (Fsp3) is 0.455. The van der Waals surface area contributed by atoms with Gasteiger partial charge in [0.1, 0.15) is 0 Å². The van der Waals surface area contributed by atoms with E-state index in [0.29, 0.717) is 0 Å². The van der Waals surface area contributed by atoms with Crippen molar-refractivity contribution in [3.8, 4) is 5.75 Å². The summed E-state index contributed by atoms with van der Waals surface area (Å²) < 4.78 is 45.2. The van der Waals surface area contributed by atoms with Crippen molar-refractivity contribution in [2.75, 3.05) is 6.61 Å². The van der Waals surface area contributed by atoms with Crippen LogP contribution in [0.15, 0.2) is 11.0 Å². The summed E-state index contributed by atoms with van der Waals surface area (Å²) >= 11 is 2.94. The van der Waals surface area contributed by atoms with E-state index in [0.717, 1.165) is 0 Å². The molecule has 1 N–H and O–H groups in total. The molecule has 0 saturated heterocycles. The third kappa shape index (κ3) is 4.55. The molecular formula is C11H11BrF3NO4. The summed E-state index contributed by atoms with van der Waals surface area (Å²) in [4.78, 5) is 25.6. The van der Waals surface area contributed by atoms with Crippen LogP contribution in [0.5, 0.6) is 5.75 Å². The molecule has 1 aromatic heterocycles. The third-order valence-electron chi connectivity index (χ3n) is 2.18. The van der Waals surface area contributed by atoms with Gasteiger partial charge in [-0.15, -0.1) is 13.2 Å². The van der Waals surface area contributed by atoms with Crippen molar-refractivity contribution in [3.63, 3.8) is 0 Å². The van der Waals surface area contributed by atoms with E-state index in [-0.39, 0.29) is 23.2 Å². The Bertz CT molecular complexity index is 541. The Kier molecular flexibility index (Phi) is 5.61. The molecule has 5 nitrogen and oxygen atoms in total. The lowest BCUT2D eigenvalue weighted by molar-refractivity contribution is -0.275. The van der Waals surface area contributed by atoms with Gasteiger partial charge in [-0.05, 0) is 6.92 Å². The van der Waals surface area contributed by atoms with Gasteiger partial charge in [-0.1, -0.05) is 15.9 Å². The number of hydrogen-bond donors (Lipinski definition) is 1. The summed E-state index contributed by atoms with van der Waals surface area (Å²) in [5.74, 6) is -1.58. The highest BCUT2D eigenvalue weighted by Gasteiger charge is 2.34. The number of nitrogens with one attached hydrogen (secondary N) is 1. The zero-order valence-corrected chi connectivity index (χ0v) is 11.9. The van der Waals surface area contributed by atoms with Crippen LogP contribution in [0.2, 0.25) is 0 Å². The van der Waals surface area contributed by atoms with E-state index in [9.17, 15) is 22.8 Å². The van der Waals surface area contributed by atoms with Gasteiger partial charge < -0.3 is 14.5 Å². The Hall–Kier alpha value is -1.51. The molecular weight excluding hydrogens is 347 g/mol. The van der Waals surface area contributed by atoms with Crippen molar-refractivity contribution in [1.29, 1.82) is 0 Å². The van der Waals surface area contributed by atoms with E-state index in [1.54, 1.807) is 6.92 Å². The van der Waals surface area contributed by atoms with Crippen molar-refractivity contribution in [2.45, 2.75) is 25.0 Å². The first-order valence-corrected chi connectivity index (χ1v) is 6.61. The van der Waals surface area contributed by atoms with E-state index >= 15 is 0 Å². The van der Waals surface area contributed by atoms with Crippen LogP contribution in [-0.2, 0) is 21.3 Å². The number of carbonyl (C=O) groups is 1. The molecule has 20 heavy (non-hydrogen) atoms. The number of H-pyrrole nitrogens is 1. The number of ether oxygens (including phenoxy) is 2. The lowest BCUT2D eigenvalue weighted by Gasteiger charge is -2.12. The van der Waals surface area contributed by atoms with Gasteiger partial charge in [0.15, 0.2) is 5.75 Å². The number of carbonyl (C=O) groups excluding carboxylic acids is 1. The molecule has 0 aliphatic carbocycles. The molecule has 1 heterocycles. The van der Waals surface area contributed by atoms with Gasteiger partial charge in [-0.2, -0.15) is 0 Å². The first-order chi connectivity index (χ1) is 9.28. The average Bonchev–Trinajstić information content (AvgIpc) is 2.33. The Morgan fingerprint density at radius 2 is 2.10 bits per heavy atom. The fourth-order valence-corrected chi connectivity index (χ4v) is 1.83. The van der Waals surface area contributed by atoms with E-state index < -0.39 is 29.9 Å². The highest BCUT2D eigenvalue weighted by molar-refractivity contribution is 9.08. The first-order valence-electron chi connectivity index (χ1n) is 5.49. The van der Waals surface area contributed by atoms with Crippen LogP contribution < -0.4 is 10.2 Å². The Morgan fingerprint density at radius 1 is 1.45 bits per heavy atom. The Labute approximate surface area is 120 Å². The van der Waals surface area contributed by atoms with Crippen molar-refractivity contribution in [3.05, 3.63) is 27.7 Å². The molecule has 0 atom stereocenters. The highest BCUT2D eigenvalue weighted by atomic mass is 79.9. The van der Waals surface area contributed by atoms with Crippen LogP contribution >= 0.6 is 15.9 Å². The number of esters is 1. The summed E-state index contributed by atoms with van der Waals surface area (Å²) in [6.45, 7) is 1.69. The second kappa shape index (κ2) is 6.78. The molecule has 0 bridgehead atoms. The Balaban J connectivity index is 3.14. The largest absolute Gasteiger partial charge is 0.573 e. The highest BCUT2D eigenvalue weighted by Crippen LogP contribution is 2.24. The zero-order chi connectivity index (χ0) is 15.3. The van der Waals surface area contributed by atoms with Gasteiger partial charge in [0.25, 0.3) is 0 Å². The topological polar surface area (TPSA) is 68.4 Å². The first kappa shape index (κ1) is 16.5. The number of rotatable bonds is 5. The minimum Gasteiger partial charge on any atom is -0.466 e. The molecule has 9 heteroatoms. The molecule has 0 aromatic carbocycles. The lowest BCUT2D eigenvalue weighted by Crippen LogP contribution is -2.26. The molecule has 0 saturated carbocycles. The number of alkyl halides is 4. The van der Waals surface area contributed by atoms with Gasteiger partial charge in [0, 0.05) is 17.1 Å². The van der Waals surface area contributed by atoms with Crippen LogP contribution in [0.4, 0.5) is 13.2 Å². The number of pyridine rings is 1. The van der Waals surface area contributed by atoms with E-state index in [1.165, 1.54) is 6.20 Å². The number of aromatic nitrogens is 1. The van der Waals surface area contributed by atoms with Gasteiger partial charge in [-0.25, -0.2) is 0 Å². The van der Waals surface area contributed by atoms with Crippen LogP contribution in [-0.4, -0.2) is 23.9 Å². The normalized spacial score (nSPS) is 11.2. The SMILES string of the molecule is CCOC(=O)Cc1c[nH]c(CBr)c(OC(F)(F)F)c1=O. The molecule has 0 radical (unpaired) electrons. The minimum atomic E-state index is -4.99. The molecule has 1 rings (SSSR count). The minimum absolute atomic E-state index is 0.0344. The van der Waals surface area contributed by atoms with Crippen molar-refractivity contribution < 1.29 is 27.4 Å². The summed E-state index contributed by atoms with van der Waals surface area (Å²) in [5, 5.41) is -0.0344. The molecule has 0 aliphatic heterocycles. The second-order valence-electron chi connectivity index (χ2n) is 3.61. The second-order valence-corrected chi connectivity index (χ2v) is 4.17. The summed E-state index contributed by atoms with van der Waals surface area (Å²) in [6.07, 6.45) is -4.26. The van der Waals surface area contributed by atoms with Crippen LogP contribution in [0, 0.1) is 0 Å². The fourth-order valence-electron chi connectivity index (χ4n) is 1.41. The summed E-state index contributed by atoms with van der Waals surface area (Å²) in [7, 11) is 0. The smallest absolute Gasteiger partial charge is 0.466 e. The predicted octanol–water partition coefficient (Wildman–Crippen LogP) is 2.27. The Morgan fingerprint density at radius 3 is 2.60 bits per heavy atom. The maximum atomic E-state index is 12.3. The standard InChI is InChI=1S/C11H11BrF3NO4/c1-2-19-8(17)3-6-5-16-7(4-12)10(9(6)18)20-11(13,14)15/h5H,2-4H2,1H3,(H,16,18). The van der Waals surface area contributed by atoms with Gasteiger partial charge >= 0.3 is 12.3 Å². The average molecular weight is 358 g/mol. The van der Waals surface area contributed by atoms with E-state index in [1.807, 2.05) is 0 Å². The summed E-state index contributed by atoms with van der Waals surface area (Å²) in [5.41, 5.74) is -1.23. The van der Waals surface area contributed by atoms with Crippen LogP contribution in [0.3, 0.4) is 0 Å². The molecule has 0 spiro atoms. The molecule has 0 aliphatic rings. The van der Waals surface area contributed by atoms with Crippen molar-refractivity contribution >= 4 is 21.9 Å². The molecule has 0 unspecified atom stereocenters. The van der Waals surface area contributed by atoms with E-state index in [2.05, 4.69) is 30.4 Å². The number of halogens is 4. The summed E-state index contributed by atoms with van der Waals surface area (Å²) in [6, 6.07) is 0. The molecule has 0 amide bonds. The quantitative estimate of drug-likeness (QED) is 0.648. The number of hydrogen-bond acceptors (Lipinski definition) is 4. The van der Waals surface area contributed by atoms with E-state index in [4.69, 9.17) is 0 Å². The van der Waals surface area contributed by atoms with Crippen LogP contribution in [0.1, 0.15) is 18.2 Å². The van der Waals surface area contributed by atoms with Crippen molar-refractivity contribution in [2.24, 2.45) is 0 Å². The zero-order valence-electron chi connectivity index (χ0n) is 10.3. The molecule has 0 fully saturated rings. The van der Waals surface area contributed by atoms with Gasteiger partial charge in [0.2, 0.25) is 5.43 Å². The van der Waals surface area contributed by atoms with Crippen molar-refractivity contribution in [1.82, 2.24) is 4.98 Å². The molecule has 1 aromatic rings. The monoisotopic (exact) mass is 357 g/mol. The number of aromatic amines is 1. The predicted molar refractivity (Wildman–Crippen MR) is 66.7 cm³/mol. The maximum absolute atomic E-state index is 12.3.